The Bertz CT molecular complexity index is 519. The van der Waals surface area contributed by atoms with Crippen LogP contribution in [0.25, 0.3) is 0 Å². The van der Waals surface area contributed by atoms with Gasteiger partial charge >= 0.3 is 0 Å². The monoisotopic (exact) mass is 310 g/mol. The minimum absolute atomic E-state index is 0.00777. The molecule has 2 fully saturated rings. The minimum atomic E-state index is -0.0952. The quantitative estimate of drug-likeness (QED) is 0.810. The van der Waals surface area contributed by atoms with Crippen molar-refractivity contribution in [2.24, 2.45) is 0 Å². The van der Waals surface area contributed by atoms with E-state index in [0.29, 0.717) is 31.8 Å². The van der Waals surface area contributed by atoms with E-state index >= 15 is 0 Å². The second-order valence-electron chi connectivity index (χ2n) is 5.22. The summed E-state index contributed by atoms with van der Waals surface area (Å²) < 4.78 is 10.7. The molecule has 0 radical (unpaired) electrons. The van der Waals surface area contributed by atoms with Crippen molar-refractivity contribution in [1.29, 1.82) is 0 Å². The first kappa shape index (κ1) is 14.5. The van der Waals surface area contributed by atoms with Gasteiger partial charge in [0.1, 0.15) is 6.61 Å². The Morgan fingerprint density at radius 3 is 3.10 bits per heavy atom. The van der Waals surface area contributed by atoms with Gasteiger partial charge in [-0.3, -0.25) is 9.59 Å². The minimum Gasteiger partial charge on any atom is -0.383 e. The Kier molecular flexibility index (Phi) is 4.23. The smallest absolute Gasteiger partial charge is 0.254 e. The van der Waals surface area contributed by atoms with E-state index in [1.54, 1.807) is 16.9 Å². The summed E-state index contributed by atoms with van der Waals surface area (Å²) in [6.45, 7) is 2.18. The maximum atomic E-state index is 12.4. The van der Waals surface area contributed by atoms with Crippen LogP contribution in [0, 0.1) is 0 Å². The number of carbonyl (C=O) groups is 2. The molecule has 0 saturated carbocycles. The summed E-state index contributed by atoms with van der Waals surface area (Å²) in [4.78, 5) is 28.0. The molecule has 0 bridgehead atoms. The number of likely N-dealkylation sites (tertiary alicyclic amines) is 1. The van der Waals surface area contributed by atoms with Gasteiger partial charge in [0.25, 0.3) is 5.91 Å². The first-order chi connectivity index (χ1) is 10.2. The summed E-state index contributed by atoms with van der Waals surface area (Å²) in [5, 5.41) is 3.74. The van der Waals surface area contributed by atoms with Gasteiger partial charge in [-0.2, -0.15) is 11.3 Å². The third-order valence-electron chi connectivity index (χ3n) is 3.97. The van der Waals surface area contributed by atoms with Crippen molar-refractivity contribution >= 4 is 23.2 Å². The molecule has 114 valence electrons. The Balaban J connectivity index is 1.71. The fourth-order valence-electron chi connectivity index (χ4n) is 2.88. The lowest BCUT2D eigenvalue weighted by molar-refractivity contribution is -0.153. The van der Waals surface area contributed by atoms with Crippen molar-refractivity contribution in [2.45, 2.75) is 12.1 Å². The van der Waals surface area contributed by atoms with E-state index < -0.39 is 0 Å². The lowest BCUT2D eigenvalue weighted by Gasteiger charge is -2.36. The summed E-state index contributed by atoms with van der Waals surface area (Å²) in [5.74, 6) is -0.0217. The molecule has 2 saturated heterocycles. The molecule has 0 unspecified atom stereocenters. The van der Waals surface area contributed by atoms with Crippen LogP contribution in [0.3, 0.4) is 0 Å². The van der Waals surface area contributed by atoms with Crippen LogP contribution < -0.4 is 0 Å². The van der Waals surface area contributed by atoms with Crippen molar-refractivity contribution in [3.8, 4) is 0 Å². The van der Waals surface area contributed by atoms with E-state index in [1.165, 1.54) is 11.3 Å². The second kappa shape index (κ2) is 6.13. The lowest BCUT2D eigenvalue weighted by atomic mass is 10.1. The molecule has 2 aliphatic rings. The Morgan fingerprint density at radius 1 is 1.52 bits per heavy atom. The van der Waals surface area contributed by atoms with Crippen LogP contribution >= 0.6 is 11.3 Å². The van der Waals surface area contributed by atoms with Gasteiger partial charge in [0, 0.05) is 32.1 Å². The molecule has 1 aromatic rings. The SMILES string of the molecule is COCCN1C(=O)CO[C@H]2CN(C(=O)c3ccsc3)C[C@@H]21. The molecule has 0 aliphatic carbocycles. The zero-order valence-electron chi connectivity index (χ0n) is 11.9. The number of nitrogens with zero attached hydrogens (tertiary/aromatic N) is 2. The topological polar surface area (TPSA) is 59.1 Å². The van der Waals surface area contributed by atoms with E-state index in [-0.39, 0.29) is 30.6 Å². The van der Waals surface area contributed by atoms with Gasteiger partial charge in [-0.05, 0) is 11.4 Å². The van der Waals surface area contributed by atoms with Crippen LogP contribution in [0.15, 0.2) is 16.8 Å². The number of morpholine rings is 1. The molecule has 2 amide bonds. The van der Waals surface area contributed by atoms with Crippen LogP contribution in [0.4, 0.5) is 0 Å². The largest absolute Gasteiger partial charge is 0.383 e. The summed E-state index contributed by atoms with van der Waals surface area (Å²) in [6, 6.07) is 1.76. The highest BCUT2D eigenvalue weighted by molar-refractivity contribution is 7.08. The maximum absolute atomic E-state index is 12.4. The second-order valence-corrected chi connectivity index (χ2v) is 6.00. The van der Waals surface area contributed by atoms with Crippen LogP contribution in [-0.2, 0) is 14.3 Å². The van der Waals surface area contributed by atoms with E-state index in [2.05, 4.69) is 0 Å². The Hall–Kier alpha value is -1.44. The highest BCUT2D eigenvalue weighted by Gasteiger charge is 2.44. The summed E-state index contributed by atoms with van der Waals surface area (Å²) in [6.07, 6.45) is -0.0952. The number of methoxy groups -OCH3 is 1. The van der Waals surface area contributed by atoms with Gasteiger partial charge in [0.05, 0.1) is 24.3 Å². The van der Waals surface area contributed by atoms with Crippen molar-refractivity contribution < 1.29 is 19.1 Å². The number of fused-ring (bicyclic) bond motifs is 1. The molecule has 0 spiro atoms. The van der Waals surface area contributed by atoms with E-state index in [0.717, 1.165) is 0 Å². The molecule has 1 aromatic heterocycles. The van der Waals surface area contributed by atoms with E-state index in [4.69, 9.17) is 9.47 Å². The van der Waals surface area contributed by atoms with Crippen LogP contribution in [0.1, 0.15) is 10.4 Å². The van der Waals surface area contributed by atoms with Crippen molar-refractivity contribution in [2.75, 3.05) is 40.0 Å². The normalized spacial score (nSPS) is 25.3. The summed E-state index contributed by atoms with van der Waals surface area (Å²) in [7, 11) is 1.61. The fraction of sp³-hybridized carbons (Fsp3) is 0.571. The lowest BCUT2D eigenvalue weighted by Crippen LogP contribution is -2.54. The molecular formula is C14H18N2O4S. The van der Waals surface area contributed by atoms with Gasteiger partial charge in [0.15, 0.2) is 0 Å². The van der Waals surface area contributed by atoms with Gasteiger partial charge in [0.2, 0.25) is 5.91 Å². The predicted octanol–water partition coefficient (Wildman–Crippen LogP) is 0.446. The predicted molar refractivity (Wildman–Crippen MR) is 77.3 cm³/mol. The van der Waals surface area contributed by atoms with Crippen molar-refractivity contribution in [3.05, 3.63) is 22.4 Å². The maximum Gasteiger partial charge on any atom is 0.254 e. The first-order valence-electron chi connectivity index (χ1n) is 6.92. The van der Waals surface area contributed by atoms with E-state index in [1.807, 2.05) is 16.8 Å². The highest BCUT2D eigenvalue weighted by Crippen LogP contribution is 2.25. The van der Waals surface area contributed by atoms with Crippen molar-refractivity contribution in [1.82, 2.24) is 9.80 Å². The molecule has 3 heterocycles. The summed E-state index contributed by atoms with van der Waals surface area (Å²) in [5.41, 5.74) is 0.702. The Labute approximate surface area is 127 Å². The van der Waals surface area contributed by atoms with Gasteiger partial charge in [-0.25, -0.2) is 0 Å². The zero-order valence-corrected chi connectivity index (χ0v) is 12.7. The molecule has 2 atom stereocenters. The van der Waals surface area contributed by atoms with Gasteiger partial charge in [-0.15, -0.1) is 0 Å². The number of hydrogen-bond acceptors (Lipinski definition) is 5. The first-order valence-corrected chi connectivity index (χ1v) is 7.86. The average Bonchev–Trinajstić information content (AvgIpc) is 3.14. The average molecular weight is 310 g/mol. The molecule has 3 rings (SSSR count). The van der Waals surface area contributed by atoms with Gasteiger partial charge in [-0.1, -0.05) is 0 Å². The molecule has 7 heteroatoms. The molecule has 0 aromatic carbocycles. The van der Waals surface area contributed by atoms with Crippen LogP contribution in [-0.4, -0.2) is 73.7 Å². The van der Waals surface area contributed by atoms with E-state index in [9.17, 15) is 9.59 Å². The number of ether oxygens (including phenoxy) is 2. The molecule has 21 heavy (non-hydrogen) atoms. The third-order valence-corrected chi connectivity index (χ3v) is 4.65. The number of rotatable bonds is 4. The Morgan fingerprint density at radius 2 is 2.38 bits per heavy atom. The third kappa shape index (κ3) is 2.81. The number of hydrogen-bond donors (Lipinski definition) is 0. The standard InChI is InChI=1S/C14H18N2O4S/c1-19-4-3-16-11-6-15(7-12(11)20-8-13(16)17)14(18)10-2-5-21-9-10/h2,5,9,11-12H,3-4,6-8H2,1H3/t11-,12-/m0/s1. The molecule has 0 N–H and O–H groups in total. The fourth-order valence-corrected chi connectivity index (χ4v) is 3.51. The summed E-state index contributed by atoms with van der Waals surface area (Å²) >= 11 is 1.50. The molecular weight excluding hydrogens is 292 g/mol. The molecule has 2 aliphatic heterocycles. The van der Waals surface area contributed by atoms with Crippen molar-refractivity contribution in [3.63, 3.8) is 0 Å². The number of amides is 2. The zero-order chi connectivity index (χ0) is 14.8. The highest BCUT2D eigenvalue weighted by atomic mass is 32.1. The molecule has 6 nitrogen and oxygen atoms in total. The van der Waals surface area contributed by atoms with Crippen LogP contribution in [0.5, 0.6) is 0 Å². The van der Waals surface area contributed by atoms with Crippen LogP contribution in [0.2, 0.25) is 0 Å². The van der Waals surface area contributed by atoms with Gasteiger partial charge < -0.3 is 19.3 Å². The number of thiophene rings is 1. The number of carbonyl (C=O) groups excluding carboxylic acids is 2.